The molecule has 0 aromatic heterocycles. The van der Waals surface area contributed by atoms with Gasteiger partial charge in [-0.05, 0) is 12.8 Å². The van der Waals surface area contributed by atoms with Crippen molar-refractivity contribution in [1.82, 2.24) is 0 Å². The second-order valence-electron chi connectivity index (χ2n) is 2.32. The Morgan fingerprint density at radius 3 is 1.60 bits per heavy atom. The second kappa shape index (κ2) is 13.2. The number of rotatable bonds is 6. The first-order chi connectivity index (χ1) is 4.41. The van der Waals surface area contributed by atoms with Gasteiger partial charge in [-0.3, -0.25) is 0 Å². The third kappa shape index (κ3) is 12.3. The van der Waals surface area contributed by atoms with E-state index in [-0.39, 0.29) is 51.4 Å². The van der Waals surface area contributed by atoms with Crippen LogP contribution in [0.4, 0.5) is 0 Å². The van der Waals surface area contributed by atoms with Crippen molar-refractivity contribution in [2.75, 3.05) is 13.2 Å². The molecular weight excluding hydrogens is 151 g/mol. The summed E-state index contributed by atoms with van der Waals surface area (Å²) in [6.45, 7) is 6.28. The molecule has 0 spiro atoms. The fraction of sp³-hybridized carbons (Fsp3) is 1.00. The second-order valence-corrected chi connectivity index (χ2v) is 2.32. The predicted octanol–water partition coefficient (Wildman–Crippen LogP) is 1.95. The Labute approximate surface area is 107 Å². The monoisotopic (exact) mass is 170 g/mol. The zero-order chi connectivity index (χ0) is 6.95. The Morgan fingerprint density at radius 1 is 0.900 bits per heavy atom. The molecule has 0 heterocycles. The molecule has 0 amide bonds. The fourth-order valence-electron chi connectivity index (χ4n) is 0.595. The predicted molar refractivity (Wildman–Crippen MR) is 47.8 cm³/mol. The Hall–Kier alpha value is 1.60. The standard InChI is InChI=1S/C8H18O.K.H/c1-3-5-7-9-8-6-4-2;;/h3-8H2,1-2H3;;. The van der Waals surface area contributed by atoms with Gasteiger partial charge < -0.3 is 4.74 Å². The van der Waals surface area contributed by atoms with Crippen molar-refractivity contribution >= 4 is 51.4 Å². The summed E-state index contributed by atoms with van der Waals surface area (Å²) in [5, 5.41) is 0. The quantitative estimate of drug-likeness (QED) is 0.437. The van der Waals surface area contributed by atoms with E-state index >= 15 is 0 Å². The minimum atomic E-state index is 0. The molecule has 0 aromatic rings. The van der Waals surface area contributed by atoms with Crippen LogP contribution in [0.25, 0.3) is 0 Å². The molecule has 0 atom stereocenters. The van der Waals surface area contributed by atoms with E-state index in [0.717, 1.165) is 13.2 Å². The summed E-state index contributed by atoms with van der Waals surface area (Å²) < 4.78 is 5.31. The van der Waals surface area contributed by atoms with Crippen LogP contribution in [0.2, 0.25) is 0 Å². The van der Waals surface area contributed by atoms with Crippen LogP contribution in [0.15, 0.2) is 0 Å². The first-order valence-corrected chi connectivity index (χ1v) is 3.99. The summed E-state index contributed by atoms with van der Waals surface area (Å²) in [5.41, 5.74) is 0. The van der Waals surface area contributed by atoms with E-state index in [9.17, 15) is 0 Å². The minimum absolute atomic E-state index is 0. The molecule has 10 heavy (non-hydrogen) atoms. The Bertz CT molecular complexity index is 42.5. The molecule has 0 saturated carbocycles. The summed E-state index contributed by atoms with van der Waals surface area (Å²) in [7, 11) is 0. The van der Waals surface area contributed by atoms with E-state index in [0.29, 0.717) is 0 Å². The number of hydrogen-bond donors (Lipinski definition) is 0. The number of unbranched alkanes of at least 4 members (excludes halogenated alkanes) is 2. The summed E-state index contributed by atoms with van der Waals surface area (Å²) in [6, 6.07) is 0. The molecule has 0 unspecified atom stereocenters. The topological polar surface area (TPSA) is 9.23 Å². The molecule has 0 N–H and O–H groups in total. The van der Waals surface area contributed by atoms with Crippen LogP contribution in [0, 0.1) is 0 Å². The van der Waals surface area contributed by atoms with Gasteiger partial charge in [-0.15, -0.1) is 0 Å². The molecule has 2 heteroatoms. The van der Waals surface area contributed by atoms with Crippen LogP contribution in [0.1, 0.15) is 39.5 Å². The van der Waals surface area contributed by atoms with E-state index in [1.807, 2.05) is 0 Å². The van der Waals surface area contributed by atoms with Crippen molar-refractivity contribution in [3.05, 3.63) is 0 Å². The van der Waals surface area contributed by atoms with E-state index in [2.05, 4.69) is 13.8 Å². The Balaban J connectivity index is 0. The van der Waals surface area contributed by atoms with Gasteiger partial charge >= 0.3 is 51.4 Å². The number of hydrogen-bond acceptors (Lipinski definition) is 1. The summed E-state index contributed by atoms with van der Waals surface area (Å²) in [5.74, 6) is 0. The average molecular weight is 170 g/mol. The zero-order valence-corrected chi connectivity index (χ0v) is 6.65. The maximum absolute atomic E-state index is 5.31. The van der Waals surface area contributed by atoms with Gasteiger partial charge in [0.05, 0.1) is 0 Å². The van der Waals surface area contributed by atoms with Crippen molar-refractivity contribution in [3.8, 4) is 0 Å². The van der Waals surface area contributed by atoms with Crippen LogP contribution >= 0.6 is 0 Å². The molecule has 0 radical (unpaired) electrons. The van der Waals surface area contributed by atoms with Crippen LogP contribution in [-0.4, -0.2) is 64.6 Å². The molecule has 0 saturated heterocycles. The van der Waals surface area contributed by atoms with E-state index < -0.39 is 0 Å². The summed E-state index contributed by atoms with van der Waals surface area (Å²) in [4.78, 5) is 0. The molecule has 0 aromatic carbocycles. The van der Waals surface area contributed by atoms with Gasteiger partial charge in [-0.25, -0.2) is 0 Å². The first kappa shape index (κ1) is 14.1. The Morgan fingerprint density at radius 2 is 1.30 bits per heavy atom. The molecule has 1 nitrogen and oxygen atoms in total. The molecule has 0 aliphatic heterocycles. The van der Waals surface area contributed by atoms with Gasteiger partial charge in [-0.2, -0.15) is 0 Å². The summed E-state index contributed by atoms with van der Waals surface area (Å²) in [6.07, 6.45) is 4.91. The Kier molecular flexibility index (Phi) is 18.7. The summed E-state index contributed by atoms with van der Waals surface area (Å²) >= 11 is 0. The van der Waals surface area contributed by atoms with Crippen LogP contribution in [-0.2, 0) is 4.74 Å². The van der Waals surface area contributed by atoms with Gasteiger partial charge in [-0.1, -0.05) is 26.7 Å². The average Bonchev–Trinajstić information content (AvgIpc) is 1.89. The van der Waals surface area contributed by atoms with Crippen molar-refractivity contribution < 1.29 is 4.74 Å². The normalized spacial score (nSPS) is 9.00. The van der Waals surface area contributed by atoms with Crippen LogP contribution in [0.3, 0.4) is 0 Å². The molecule has 0 rings (SSSR count). The van der Waals surface area contributed by atoms with Gasteiger partial charge in [0.25, 0.3) is 0 Å². The fourth-order valence-corrected chi connectivity index (χ4v) is 0.595. The van der Waals surface area contributed by atoms with Crippen molar-refractivity contribution in [3.63, 3.8) is 0 Å². The molecule has 0 aliphatic carbocycles. The maximum atomic E-state index is 5.31. The zero-order valence-electron chi connectivity index (χ0n) is 6.65. The molecule has 0 aliphatic rings. The molecule has 0 bridgehead atoms. The van der Waals surface area contributed by atoms with Gasteiger partial charge in [0.2, 0.25) is 0 Å². The van der Waals surface area contributed by atoms with Crippen molar-refractivity contribution in [1.29, 1.82) is 0 Å². The number of ether oxygens (including phenoxy) is 1. The first-order valence-electron chi connectivity index (χ1n) is 3.99. The van der Waals surface area contributed by atoms with Crippen molar-refractivity contribution in [2.24, 2.45) is 0 Å². The molecule has 58 valence electrons. The van der Waals surface area contributed by atoms with Crippen LogP contribution in [0.5, 0.6) is 0 Å². The third-order valence-electron chi connectivity index (χ3n) is 1.28. The van der Waals surface area contributed by atoms with Gasteiger partial charge in [0.1, 0.15) is 0 Å². The molecular formula is C8H19KO. The van der Waals surface area contributed by atoms with E-state index in [4.69, 9.17) is 4.74 Å². The van der Waals surface area contributed by atoms with Crippen molar-refractivity contribution in [2.45, 2.75) is 39.5 Å². The third-order valence-corrected chi connectivity index (χ3v) is 1.28. The van der Waals surface area contributed by atoms with E-state index in [1.165, 1.54) is 25.7 Å². The van der Waals surface area contributed by atoms with Gasteiger partial charge in [0.15, 0.2) is 0 Å². The molecule has 0 fully saturated rings. The van der Waals surface area contributed by atoms with Gasteiger partial charge in [0, 0.05) is 13.2 Å². The van der Waals surface area contributed by atoms with E-state index in [1.54, 1.807) is 0 Å². The van der Waals surface area contributed by atoms with Crippen LogP contribution < -0.4 is 0 Å². The SMILES string of the molecule is CCCCOCCCC.[KH].